The summed E-state index contributed by atoms with van der Waals surface area (Å²) in [6.07, 6.45) is 7.61. The number of nitrogens with one attached hydrogen (secondary N) is 1. The van der Waals surface area contributed by atoms with Gasteiger partial charge in [0.25, 0.3) is 0 Å². The minimum atomic E-state index is -0.0620. The monoisotopic (exact) mass is 216 g/mol. The van der Waals surface area contributed by atoms with Gasteiger partial charge in [-0.2, -0.15) is 0 Å². The number of rotatable bonds is 7. The highest BCUT2D eigenvalue weighted by Crippen LogP contribution is 2.06. The maximum Gasteiger partial charge on any atom is 0.226 e. The molecular weight excluding hydrogens is 196 g/mol. The van der Waals surface area contributed by atoms with Crippen molar-refractivity contribution in [2.75, 3.05) is 0 Å². The van der Waals surface area contributed by atoms with E-state index >= 15 is 0 Å². The molecule has 0 saturated heterocycles. The summed E-state index contributed by atoms with van der Waals surface area (Å²) < 4.78 is 0. The summed E-state index contributed by atoms with van der Waals surface area (Å²) in [6, 6.07) is 0. The SMILES string of the molecule is CCCCCCCCC(=O)NC(N)=S. The number of nitrogens with two attached hydrogens (primary N) is 1. The van der Waals surface area contributed by atoms with Gasteiger partial charge in [-0.1, -0.05) is 39.0 Å². The molecule has 0 fully saturated rings. The number of carbonyl (C=O) groups excluding carboxylic acids is 1. The number of hydrogen-bond donors (Lipinski definition) is 2. The lowest BCUT2D eigenvalue weighted by Crippen LogP contribution is -2.34. The van der Waals surface area contributed by atoms with Crippen molar-refractivity contribution < 1.29 is 4.79 Å². The van der Waals surface area contributed by atoms with E-state index in [-0.39, 0.29) is 11.0 Å². The first-order valence-corrected chi connectivity index (χ1v) is 5.67. The second-order valence-electron chi connectivity index (χ2n) is 3.43. The van der Waals surface area contributed by atoms with Crippen molar-refractivity contribution in [1.82, 2.24) is 5.32 Å². The summed E-state index contributed by atoms with van der Waals surface area (Å²) in [5.41, 5.74) is 5.16. The fourth-order valence-electron chi connectivity index (χ4n) is 1.27. The van der Waals surface area contributed by atoms with Gasteiger partial charge >= 0.3 is 0 Å². The van der Waals surface area contributed by atoms with E-state index in [0.717, 1.165) is 12.8 Å². The van der Waals surface area contributed by atoms with E-state index in [1.807, 2.05) is 0 Å². The van der Waals surface area contributed by atoms with Crippen molar-refractivity contribution in [3.63, 3.8) is 0 Å². The molecule has 3 nitrogen and oxygen atoms in total. The number of carbonyl (C=O) groups is 1. The molecule has 0 aliphatic heterocycles. The molecular formula is C10H20N2OS. The molecule has 0 aromatic rings. The zero-order valence-corrected chi connectivity index (χ0v) is 9.66. The largest absolute Gasteiger partial charge is 0.376 e. The van der Waals surface area contributed by atoms with Crippen molar-refractivity contribution in [2.45, 2.75) is 51.9 Å². The molecule has 0 aromatic heterocycles. The van der Waals surface area contributed by atoms with Crippen LogP contribution in [-0.4, -0.2) is 11.0 Å². The van der Waals surface area contributed by atoms with E-state index in [2.05, 4.69) is 24.5 Å². The highest BCUT2D eigenvalue weighted by molar-refractivity contribution is 7.80. The van der Waals surface area contributed by atoms with Gasteiger partial charge < -0.3 is 11.1 Å². The Bertz CT molecular complexity index is 183. The second kappa shape index (κ2) is 8.94. The minimum absolute atomic E-state index is 0.0620. The van der Waals surface area contributed by atoms with Crippen LogP contribution in [0.3, 0.4) is 0 Å². The Morgan fingerprint density at radius 3 is 2.36 bits per heavy atom. The number of thiocarbonyl (C=S) groups is 1. The predicted molar refractivity (Wildman–Crippen MR) is 62.9 cm³/mol. The molecule has 0 rings (SSSR count). The average Bonchev–Trinajstić information content (AvgIpc) is 2.10. The first-order valence-electron chi connectivity index (χ1n) is 5.26. The fourth-order valence-corrected chi connectivity index (χ4v) is 1.38. The van der Waals surface area contributed by atoms with E-state index in [1.165, 1.54) is 25.7 Å². The maximum atomic E-state index is 11.1. The summed E-state index contributed by atoms with van der Waals surface area (Å²) in [4.78, 5) is 11.1. The molecule has 0 unspecified atom stereocenters. The summed E-state index contributed by atoms with van der Waals surface area (Å²) in [5, 5.41) is 2.49. The first-order chi connectivity index (χ1) is 6.66. The van der Waals surface area contributed by atoms with Gasteiger partial charge in [0.1, 0.15) is 0 Å². The van der Waals surface area contributed by atoms with Gasteiger partial charge in [0, 0.05) is 6.42 Å². The average molecular weight is 216 g/mol. The molecule has 0 atom stereocenters. The molecule has 0 aliphatic carbocycles. The van der Waals surface area contributed by atoms with Crippen LogP contribution in [0.15, 0.2) is 0 Å². The quantitative estimate of drug-likeness (QED) is 0.506. The molecule has 1 amide bonds. The highest BCUT2D eigenvalue weighted by atomic mass is 32.1. The van der Waals surface area contributed by atoms with Crippen LogP contribution in [0.4, 0.5) is 0 Å². The van der Waals surface area contributed by atoms with E-state index in [0.29, 0.717) is 6.42 Å². The lowest BCUT2D eigenvalue weighted by atomic mass is 10.1. The van der Waals surface area contributed by atoms with Crippen LogP contribution in [-0.2, 0) is 4.79 Å². The molecule has 0 aliphatic rings. The number of hydrogen-bond acceptors (Lipinski definition) is 2. The standard InChI is InChI=1S/C10H20N2OS/c1-2-3-4-5-6-7-8-9(13)12-10(11)14/h2-8H2,1H3,(H3,11,12,13,14). The normalized spacial score (nSPS) is 9.79. The van der Waals surface area contributed by atoms with Gasteiger partial charge in [0.2, 0.25) is 5.91 Å². The summed E-state index contributed by atoms with van der Waals surface area (Å²) >= 11 is 4.55. The van der Waals surface area contributed by atoms with Crippen LogP contribution in [0.1, 0.15) is 51.9 Å². The van der Waals surface area contributed by atoms with Gasteiger partial charge in [-0.15, -0.1) is 0 Å². The Hall–Kier alpha value is -0.640. The van der Waals surface area contributed by atoms with Gasteiger partial charge in [0.15, 0.2) is 5.11 Å². The van der Waals surface area contributed by atoms with E-state index < -0.39 is 0 Å². The van der Waals surface area contributed by atoms with Crippen molar-refractivity contribution in [2.24, 2.45) is 5.73 Å². The number of unbranched alkanes of at least 4 members (excludes halogenated alkanes) is 5. The van der Waals surface area contributed by atoms with Gasteiger partial charge in [-0.3, -0.25) is 4.79 Å². The Morgan fingerprint density at radius 2 is 1.79 bits per heavy atom. The highest BCUT2D eigenvalue weighted by Gasteiger charge is 2.00. The maximum absolute atomic E-state index is 11.1. The van der Waals surface area contributed by atoms with Crippen LogP contribution >= 0.6 is 12.2 Å². The minimum Gasteiger partial charge on any atom is -0.376 e. The predicted octanol–water partition coefficient (Wildman–Crippen LogP) is 2.10. The lowest BCUT2D eigenvalue weighted by molar-refractivity contribution is -0.119. The molecule has 0 radical (unpaired) electrons. The second-order valence-corrected chi connectivity index (χ2v) is 3.87. The Morgan fingerprint density at radius 1 is 1.21 bits per heavy atom. The summed E-state index contributed by atoms with van der Waals surface area (Å²) in [6.45, 7) is 2.19. The van der Waals surface area contributed by atoms with Crippen LogP contribution in [0.2, 0.25) is 0 Å². The van der Waals surface area contributed by atoms with Gasteiger partial charge in [-0.25, -0.2) is 0 Å². The van der Waals surface area contributed by atoms with Crippen LogP contribution in [0, 0.1) is 0 Å². The number of amides is 1. The summed E-state index contributed by atoms with van der Waals surface area (Å²) in [7, 11) is 0. The first kappa shape index (κ1) is 13.4. The third-order valence-electron chi connectivity index (χ3n) is 2.02. The molecule has 3 N–H and O–H groups in total. The molecule has 4 heteroatoms. The van der Waals surface area contributed by atoms with Crippen molar-refractivity contribution in [1.29, 1.82) is 0 Å². The Labute approximate surface area is 91.4 Å². The molecule has 0 heterocycles. The molecule has 0 aromatic carbocycles. The lowest BCUT2D eigenvalue weighted by Gasteiger charge is -2.02. The molecule has 0 bridgehead atoms. The van der Waals surface area contributed by atoms with Crippen LogP contribution in [0.5, 0.6) is 0 Å². The molecule has 82 valence electrons. The molecule has 0 spiro atoms. The Kier molecular flexibility index (Phi) is 8.53. The van der Waals surface area contributed by atoms with Gasteiger partial charge in [-0.05, 0) is 18.6 Å². The van der Waals surface area contributed by atoms with E-state index in [4.69, 9.17) is 5.73 Å². The third kappa shape index (κ3) is 9.45. The summed E-state index contributed by atoms with van der Waals surface area (Å²) in [5.74, 6) is -0.0620. The zero-order valence-electron chi connectivity index (χ0n) is 8.84. The smallest absolute Gasteiger partial charge is 0.226 e. The van der Waals surface area contributed by atoms with Gasteiger partial charge in [0.05, 0.1) is 0 Å². The molecule has 0 saturated carbocycles. The topological polar surface area (TPSA) is 55.1 Å². The van der Waals surface area contributed by atoms with E-state index in [1.54, 1.807) is 0 Å². The Balaban J connectivity index is 3.19. The van der Waals surface area contributed by atoms with Crippen molar-refractivity contribution >= 4 is 23.2 Å². The zero-order chi connectivity index (χ0) is 10.8. The van der Waals surface area contributed by atoms with Crippen molar-refractivity contribution in [3.05, 3.63) is 0 Å². The molecule has 14 heavy (non-hydrogen) atoms. The van der Waals surface area contributed by atoms with E-state index in [9.17, 15) is 4.79 Å². The van der Waals surface area contributed by atoms with Crippen LogP contribution in [0.25, 0.3) is 0 Å². The fraction of sp³-hybridized carbons (Fsp3) is 0.800. The van der Waals surface area contributed by atoms with Crippen LogP contribution < -0.4 is 11.1 Å². The third-order valence-corrected chi connectivity index (χ3v) is 2.12. The van der Waals surface area contributed by atoms with Crippen molar-refractivity contribution in [3.8, 4) is 0 Å².